The Morgan fingerprint density at radius 2 is 1.92 bits per heavy atom. The maximum absolute atomic E-state index is 15.0. The van der Waals surface area contributed by atoms with E-state index in [1.54, 1.807) is 17.9 Å². The molecule has 1 aromatic heterocycles. The van der Waals surface area contributed by atoms with Crippen molar-refractivity contribution in [2.45, 2.75) is 33.2 Å². The Hall–Kier alpha value is -3.91. The molecule has 0 bridgehead atoms. The number of hydrogen-bond donors (Lipinski definition) is 2. The fourth-order valence-corrected chi connectivity index (χ4v) is 4.73. The normalized spacial score (nSPS) is 13.3. The van der Waals surface area contributed by atoms with E-state index in [9.17, 15) is 10.0 Å². The number of anilines is 1. The summed E-state index contributed by atoms with van der Waals surface area (Å²) >= 11 is 0. The summed E-state index contributed by atoms with van der Waals surface area (Å²) in [6.45, 7) is 4.94. The van der Waals surface area contributed by atoms with Crippen molar-refractivity contribution in [2.24, 2.45) is 0 Å². The van der Waals surface area contributed by atoms with Gasteiger partial charge >= 0.3 is 0 Å². The van der Waals surface area contributed by atoms with Crippen LogP contribution >= 0.6 is 0 Å². The predicted octanol–water partition coefficient (Wildman–Crippen LogP) is 5.35. The number of fused-ring (bicyclic) bond motifs is 2. The molecule has 5 rings (SSSR count). The molecule has 1 aliphatic rings. The fraction of sp³-hybridized carbons (Fsp3) is 0.286. The number of hydrogen-bond acceptors (Lipinski definition) is 5. The molecule has 7 nitrogen and oxygen atoms in total. The van der Waals surface area contributed by atoms with Crippen LogP contribution in [0.2, 0.25) is 0 Å². The second-order valence-corrected chi connectivity index (χ2v) is 8.97. The minimum Gasteiger partial charge on any atom is -0.491 e. The van der Waals surface area contributed by atoms with Crippen LogP contribution in [0.3, 0.4) is 0 Å². The molecule has 0 saturated heterocycles. The van der Waals surface area contributed by atoms with Crippen LogP contribution in [0.5, 0.6) is 5.75 Å². The molecular weight excluding hydrogens is 459 g/mol. The third kappa shape index (κ3) is 4.28. The minimum atomic E-state index is -0.581. The Balaban J connectivity index is 1.46. The van der Waals surface area contributed by atoms with Crippen molar-refractivity contribution in [1.82, 2.24) is 14.9 Å². The van der Waals surface area contributed by atoms with Gasteiger partial charge in [-0.1, -0.05) is 26.0 Å². The Morgan fingerprint density at radius 3 is 2.67 bits per heavy atom. The van der Waals surface area contributed by atoms with Gasteiger partial charge in [0.05, 0.1) is 23.3 Å². The smallest absolute Gasteiger partial charge is 0.254 e. The number of halogens is 1. The maximum Gasteiger partial charge on any atom is 0.254 e. The largest absolute Gasteiger partial charge is 0.491 e. The Labute approximate surface area is 209 Å². The highest BCUT2D eigenvalue weighted by Gasteiger charge is 2.25. The number of nitrogens with one attached hydrogen (secondary N) is 1. The summed E-state index contributed by atoms with van der Waals surface area (Å²) in [5.41, 5.74) is 5.49. The number of amides is 1. The van der Waals surface area contributed by atoms with Crippen molar-refractivity contribution >= 4 is 22.6 Å². The second-order valence-electron chi connectivity index (χ2n) is 8.97. The van der Waals surface area contributed by atoms with Gasteiger partial charge in [0, 0.05) is 36.7 Å². The highest BCUT2D eigenvalue weighted by Crippen LogP contribution is 2.32. The molecule has 8 heteroatoms. The van der Waals surface area contributed by atoms with Gasteiger partial charge in [-0.3, -0.25) is 15.1 Å². The van der Waals surface area contributed by atoms with E-state index in [4.69, 9.17) is 4.74 Å². The molecule has 2 N–H and O–H groups in total. The van der Waals surface area contributed by atoms with Gasteiger partial charge in [-0.15, -0.1) is 0 Å². The molecule has 1 amide bonds. The monoisotopic (exact) mass is 488 g/mol. The molecule has 2 heterocycles. The molecular formula is C28H29FN4O3. The summed E-state index contributed by atoms with van der Waals surface area (Å²) < 4.78 is 21.0. The van der Waals surface area contributed by atoms with Crippen LogP contribution in [-0.2, 0) is 19.4 Å². The molecule has 0 atom stereocenters. The van der Waals surface area contributed by atoms with Crippen molar-refractivity contribution in [1.29, 1.82) is 0 Å². The van der Waals surface area contributed by atoms with Gasteiger partial charge in [0.15, 0.2) is 5.82 Å². The van der Waals surface area contributed by atoms with Gasteiger partial charge < -0.3 is 14.6 Å². The molecule has 0 fully saturated rings. The zero-order chi connectivity index (χ0) is 25.4. The van der Waals surface area contributed by atoms with E-state index in [0.717, 1.165) is 50.8 Å². The summed E-state index contributed by atoms with van der Waals surface area (Å²) in [5.74, 6) is 0.852. The molecule has 0 unspecified atom stereocenters. The third-order valence-corrected chi connectivity index (χ3v) is 6.68. The standard InChI is InChI=1S/C28H29FN4O3/c1-4-20-21(8-10-24(27(20)29)32(3)35)28(34)33-12-13-36-25-11-7-17(14-19(25)16-33)18-6-9-22-23(15-18)31-26(5-2)30-22/h6-11,14-15,35H,4-5,12-13,16H2,1-3H3,(H,30,31). The van der Waals surface area contributed by atoms with Crippen molar-refractivity contribution in [3.05, 3.63) is 76.9 Å². The number of nitrogens with zero attached hydrogens (tertiary/aromatic N) is 3. The number of carbonyl (C=O) groups excluding carboxylic acids is 1. The van der Waals surface area contributed by atoms with Crippen LogP contribution in [0.15, 0.2) is 48.5 Å². The lowest BCUT2D eigenvalue weighted by molar-refractivity contribution is 0.0731. The van der Waals surface area contributed by atoms with Crippen molar-refractivity contribution < 1.29 is 19.1 Å². The zero-order valence-electron chi connectivity index (χ0n) is 20.6. The van der Waals surface area contributed by atoms with E-state index < -0.39 is 5.82 Å². The van der Waals surface area contributed by atoms with Crippen LogP contribution in [0, 0.1) is 5.82 Å². The van der Waals surface area contributed by atoms with Gasteiger partial charge in [0.2, 0.25) is 0 Å². The number of imidazole rings is 1. The Kier molecular flexibility index (Phi) is 6.36. The summed E-state index contributed by atoms with van der Waals surface area (Å²) in [5, 5.41) is 10.4. The van der Waals surface area contributed by atoms with Gasteiger partial charge in [-0.2, -0.15) is 0 Å². The lowest BCUT2D eigenvalue weighted by Crippen LogP contribution is -2.33. The molecule has 4 aromatic rings. The van der Waals surface area contributed by atoms with Crippen molar-refractivity contribution in [2.75, 3.05) is 25.3 Å². The van der Waals surface area contributed by atoms with Crippen LogP contribution < -0.4 is 9.80 Å². The third-order valence-electron chi connectivity index (χ3n) is 6.68. The Morgan fingerprint density at radius 1 is 1.14 bits per heavy atom. The summed E-state index contributed by atoms with van der Waals surface area (Å²) in [4.78, 5) is 23.2. The average Bonchev–Trinajstić information content (AvgIpc) is 3.18. The highest BCUT2D eigenvalue weighted by atomic mass is 19.1. The number of hydroxylamine groups is 1. The van der Waals surface area contributed by atoms with E-state index in [-0.39, 0.29) is 17.2 Å². The fourth-order valence-electron chi connectivity index (χ4n) is 4.73. The second kappa shape index (κ2) is 9.62. The van der Waals surface area contributed by atoms with Gasteiger partial charge in [0.25, 0.3) is 5.91 Å². The van der Waals surface area contributed by atoms with Gasteiger partial charge in [0.1, 0.15) is 18.2 Å². The van der Waals surface area contributed by atoms with E-state index in [0.29, 0.717) is 31.7 Å². The first-order chi connectivity index (χ1) is 17.4. The number of benzene rings is 3. The van der Waals surface area contributed by atoms with E-state index in [1.165, 1.54) is 13.1 Å². The number of ether oxygens (including phenoxy) is 1. The predicted molar refractivity (Wildman–Crippen MR) is 137 cm³/mol. The van der Waals surface area contributed by atoms with E-state index in [1.807, 2.05) is 30.3 Å². The lowest BCUT2D eigenvalue weighted by atomic mass is 10.00. The number of carbonyl (C=O) groups is 1. The SMILES string of the molecule is CCc1nc2ccc(-c3ccc4c(c3)CN(C(=O)c3ccc(N(C)O)c(F)c3CC)CCO4)cc2[nH]1. The van der Waals surface area contributed by atoms with Crippen molar-refractivity contribution in [3.63, 3.8) is 0 Å². The number of rotatable bonds is 5. The van der Waals surface area contributed by atoms with Crippen LogP contribution in [0.4, 0.5) is 10.1 Å². The Bertz CT molecular complexity index is 1450. The molecule has 0 spiro atoms. The molecule has 1 aliphatic heterocycles. The number of aromatic nitrogens is 2. The molecule has 186 valence electrons. The first-order valence-electron chi connectivity index (χ1n) is 12.2. The summed E-state index contributed by atoms with van der Waals surface area (Å²) in [7, 11) is 1.35. The van der Waals surface area contributed by atoms with Crippen LogP contribution in [-0.4, -0.2) is 46.2 Å². The highest BCUT2D eigenvalue weighted by molar-refractivity contribution is 5.96. The molecule has 0 aliphatic carbocycles. The number of aryl methyl sites for hydroxylation is 1. The first kappa shape index (κ1) is 23.8. The molecule has 0 radical (unpaired) electrons. The summed E-state index contributed by atoms with van der Waals surface area (Å²) in [6.07, 6.45) is 1.17. The number of H-pyrrole nitrogens is 1. The first-order valence-corrected chi connectivity index (χ1v) is 12.2. The zero-order valence-corrected chi connectivity index (χ0v) is 20.6. The van der Waals surface area contributed by atoms with Gasteiger partial charge in [-0.05, 0) is 53.9 Å². The average molecular weight is 489 g/mol. The van der Waals surface area contributed by atoms with E-state index in [2.05, 4.69) is 23.0 Å². The quantitative estimate of drug-likeness (QED) is 0.370. The van der Waals surface area contributed by atoms with E-state index >= 15 is 4.39 Å². The minimum absolute atomic E-state index is 0.0397. The lowest BCUT2D eigenvalue weighted by Gasteiger charge is -2.23. The topological polar surface area (TPSA) is 81.7 Å². The van der Waals surface area contributed by atoms with Crippen LogP contribution in [0.1, 0.15) is 41.2 Å². The van der Waals surface area contributed by atoms with Crippen molar-refractivity contribution in [3.8, 4) is 16.9 Å². The molecule has 3 aromatic carbocycles. The molecule has 36 heavy (non-hydrogen) atoms. The van der Waals surface area contributed by atoms with Gasteiger partial charge in [-0.25, -0.2) is 9.37 Å². The summed E-state index contributed by atoms with van der Waals surface area (Å²) in [6, 6.07) is 15.1. The maximum atomic E-state index is 15.0. The number of aromatic amines is 1. The van der Waals surface area contributed by atoms with Crippen LogP contribution in [0.25, 0.3) is 22.2 Å². The molecule has 0 saturated carbocycles.